The van der Waals surface area contributed by atoms with E-state index in [1.54, 1.807) is 68.0 Å². The Balaban J connectivity index is 1.34. The maximum absolute atomic E-state index is 14.7. The zero-order valence-electron chi connectivity index (χ0n) is 20.0. The van der Waals surface area contributed by atoms with Crippen molar-refractivity contribution in [2.75, 3.05) is 0 Å². The van der Waals surface area contributed by atoms with E-state index in [-0.39, 0.29) is 0 Å². The summed E-state index contributed by atoms with van der Waals surface area (Å²) in [5.41, 5.74) is 3.45. The highest BCUT2D eigenvalue weighted by Gasteiger charge is 2.35. The minimum atomic E-state index is -2.89. The first kappa shape index (κ1) is 25.9. The largest absolute Gasteiger partial charge is 0.306 e. The first-order valence-corrected chi connectivity index (χ1v) is 20.1. The van der Waals surface area contributed by atoms with Crippen LogP contribution in [-0.2, 0) is 15.6 Å². The molecule has 0 amide bonds. The van der Waals surface area contributed by atoms with Crippen LogP contribution in [0, 0.1) is 13.8 Å². The molecule has 0 radical (unpaired) electrons. The molecular weight excluding hydrogens is 611 g/mol. The van der Waals surface area contributed by atoms with Crippen molar-refractivity contribution in [2.45, 2.75) is 20.3 Å². The van der Waals surface area contributed by atoms with Crippen LogP contribution in [0.3, 0.4) is 0 Å². The number of aryl methyl sites for hydroxylation is 2. The lowest BCUT2D eigenvalue weighted by Gasteiger charge is -2.13. The third-order valence-corrected chi connectivity index (χ3v) is 21.7. The predicted molar refractivity (Wildman–Crippen MR) is 171 cm³/mol. The Labute approximate surface area is 240 Å². The van der Waals surface area contributed by atoms with Crippen LogP contribution in [0.5, 0.6) is 0 Å². The molecule has 6 aromatic rings. The molecule has 0 saturated heterocycles. The molecule has 0 spiro atoms. The van der Waals surface area contributed by atoms with Crippen molar-refractivity contribution in [3.63, 3.8) is 0 Å². The van der Waals surface area contributed by atoms with E-state index < -0.39 is 14.3 Å². The van der Waals surface area contributed by atoms with E-state index in [1.807, 2.05) is 41.1 Å². The predicted octanol–water partition coefficient (Wildman–Crippen LogP) is 7.54. The molecule has 6 heterocycles. The van der Waals surface area contributed by atoms with Crippen LogP contribution in [0.25, 0.3) is 0 Å². The molecule has 0 saturated carbocycles. The van der Waals surface area contributed by atoms with E-state index in [4.69, 9.17) is 0 Å². The van der Waals surface area contributed by atoms with Gasteiger partial charge in [0.15, 0.2) is 14.3 Å². The minimum Gasteiger partial charge on any atom is -0.306 e. The van der Waals surface area contributed by atoms with Gasteiger partial charge in [-0.2, -0.15) is 0 Å². The lowest BCUT2D eigenvalue weighted by molar-refractivity contribution is 0.592. The van der Waals surface area contributed by atoms with Gasteiger partial charge in [0.1, 0.15) is 0 Å². The topological polar surface area (TPSA) is 34.1 Å². The fourth-order valence-corrected chi connectivity index (χ4v) is 20.3. The van der Waals surface area contributed by atoms with Gasteiger partial charge in [0.2, 0.25) is 0 Å². The van der Waals surface area contributed by atoms with E-state index in [1.165, 1.54) is 4.88 Å². The Morgan fingerprint density at radius 3 is 1.65 bits per heavy atom. The molecule has 2 nitrogen and oxygen atoms in total. The standard InChI is InChI=1S/C27H22O2P2S6/c1-18-11-25(34-15-18)31(29,26-12-19(2)16-35-26)27-14-20(17-36-27)13-21-7-8-24(37-21)30(28,22-5-3-9-32-22)23-6-4-10-33-23/h3-12,14-17H,13H2,1-2H3. The monoisotopic (exact) mass is 632 g/mol. The van der Waals surface area contributed by atoms with Crippen LogP contribution in [0.15, 0.2) is 81.5 Å². The highest BCUT2D eigenvalue weighted by atomic mass is 32.1. The average Bonchev–Trinajstić information content (AvgIpc) is 3.71. The number of hydrogen-bond donors (Lipinski definition) is 0. The summed E-state index contributed by atoms with van der Waals surface area (Å²) < 4.78 is 34.8. The summed E-state index contributed by atoms with van der Waals surface area (Å²) in [4.78, 5) is 1.17. The molecule has 0 aromatic carbocycles. The number of thiophene rings is 6. The van der Waals surface area contributed by atoms with Crippen molar-refractivity contribution < 1.29 is 9.13 Å². The Kier molecular flexibility index (Phi) is 7.23. The molecule has 0 bridgehead atoms. The molecule has 0 atom stereocenters. The van der Waals surface area contributed by atoms with Crippen LogP contribution in [0.4, 0.5) is 0 Å². The summed E-state index contributed by atoms with van der Waals surface area (Å²) >= 11 is 9.55. The van der Waals surface area contributed by atoms with Gasteiger partial charge in [0, 0.05) is 11.3 Å². The zero-order valence-corrected chi connectivity index (χ0v) is 26.6. The molecule has 0 aliphatic heterocycles. The van der Waals surface area contributed by atoms with E-state index in [0.717, 1.165) is 50.8 Å². The molecule has 37 heavy (non-hydrogen) atoms. The van der Waals surface area contributed by atoms with Crippen LogP contribution in [-0.4, -0.2) is 0 Å². The maximum Gasteiger partial charge on any atom is 0.199 e. The Morgan fingerprint density at radius 1 is 0.595 bits per heavy atom. The van der Waals surface area contributed by atoms with E-state index >= 15 is 0 Å². The third kappa shape index (κ3) is 4.70. The highest BCUT2D eigenvalue weighted by molar-refractivity contribution is 7.96. The summed E-state index contributed by atoms with van der Waals surface area (Å²) in [6, 6.07) is 18.4. The molecule has 10 heteroatoms. The molecule has 0 fully saturated rings. The fraction of sp³-hybridized carbons (Fsp3) is 0.111. The fourth-order valence-electron chi connectivity index (χ4n) is 4.16. The average molecular weight is 633 g/mol. The minimum absolute atomic E-state index is 0.739. The Morgan fingerprint density at radius 2 is 1.14 bits per heavy atom. The first-order chi connectivity index (χ1) is 17.9. The highest BCUT2D eigenvalue weighted by Crippen LogP contribution is 2.49. The van der Waals surface area contributed by atoms with Crippen LogP contribution in [0.2, 0.25) is 0 Å². The van der Waals surface area contributed by atoms with Crippen LogP contribution >= 0.6 is 82.3 Å². The quantitative estimate of drug-likeness (QED) is 0.163. The van der Waals surface area contributed by atoms with Crippen molar-refractivity contribution in [3.8, 4) is 0 Å². The zero-order chi connectivity index (χ0) is 25.6. The molecule has 6 aromatic heterocycles. The van der Waals surface area contributed by atoms with Crippen LogP contribution in [0.1, 0.15) is 21.6 Å². The van der Waals surface area contributed by atoms with Gasteiger partial charge in [0.25, 0.3) is 0 Å². The van der Waals surface area contributed by atoms with Crippen LogP contribution < -0.4 is 27.7 Å². The van der Waals surface area contributed by atoms with Crippen molar-refractivity contribution >= 4 is 110 Å². The molecule has 0 N–H and O–H groups in total. The lowest BCUT2D eigenvalue weighted by atomic mass is 10.2. The van der Waals surface area contributed by atoms with Crippen molar-refractivity contribution in [3.05, 3.63) is 103 Å². The molecule has 0 unspecified atom stereocenters. The van der Waals surface area contributed by atoms with E-state index in [0.29, 0.717) is 0 Å². The van der Waals surface area contributed by atoms with E-state index in [9.17, 15) is 9.13 Å². The van der Waals surface area contributed by atoms with Gasteiger partial charge in [-0.3, -0.25) is 0 Å². The SMILES string of the molecule is Cc1csc(P(=O)(c2cc(C)cs2)c2cc(Cc3ccc(P(=O)(c4cccs4)c4cccs4)s3)cs2)c1. The Hall–Kier alpha value is -1.34. The molecular formula is C27H22O2P2S6. The summed E-state index contributed by atoms with van der Waals surface area (Å²) in [6.45, 7) is 4.12. The van der Waals surface area contributed by atoms with Gasteiger partial charge in [-0.15, -0.1) is 68.0 Å². The summed E-state index contributed by atoms with van der Waals surface area (Å²) in [7, 11) is -5.73. The number of rotatable bonds is 8. The second-order valence-electron chi connectivity index (χ2n) is 8.76. The second kappa shape index (κ2) is 10.3. The van der Waals surface area contributed by atoms with E-state index in [2.05, 4.69) is 54.3 Å². The first-order valence-electron chi connectivity index (χ1n) is 11.4. The summed E-state index contributed by atoms with van der Waals surface area (Å²) in [6.07, 6.45) is 0.739. The van der Waals surface area contributed by atoms with Gasteiger partial charge in [-0.25, -0.2) is 0 Å². The van der Waals surface area contributed by atoms with Gasteiger partial charge >= 0.3 is 0 Å². The molecule has 0 aliphatic carbocycles. The molecule has 0 aliphatic rings. The molecule has 6 rings (SSSR count). The van der Waals surface area contributed by atoms with Crippen molar-refractivity contribution in [1.29, 1.82) is 0 Å². The van der Waals surface area contributed by atoms with Crippen molar-refractivity contribution in [1.82, 2.24) is 0 Å². The third-order valence-electron chi connectivity index (χ3n) is 5.97. The van der Waals surface area contributed by atoms with Gasteiger partial charge in [-0.1, -0.05) is 12.1 Å². The lowest BCUT2D eigenvalue weighted by Crippen LogP contribution is -2.19. The maximum atomic E-state index is 14.7. The normalized spacial score (nSPS) is 12.4. The Bertz CT molecular complexity index is 1660. The molecule has 188 valence electrons. The van der Waals surface area contributed by atoms with Crippen molar-refractivity contribution in [2.24, 2.45) is 0 Å². The van der Waals surface area contributed by atoms with Gasteiger partial charge < -0.3 is 9.13 Å². The second-order valence-corrected chi connectivity index (χ2v) is 21.7. The summed E-state index contributed by atoms with van der Waals surface area (Å²) in [5.74, 6) is 0. The summed E-state index contributed by atoms with van der Waals surface area (Å²) in [5, 5.41) is 10.3. The van der Waals surface area contributed by atoms with Gasteiger partial charge in [0.05, 0.1) is 27.7 Å². The van der Waals surface area contributed by atoms with Gasteiger partial charge in [-0.05, 0) is 99.9 Å². The smallest absolute Gasteiger partial charge is 0.199 e. The number of hydrogen-bond acceptors (Lipinski definition) is 8.